The van der Waals surface area contributed by atoms with Crippen LogP contribution in [-0.4, -0.2) is 26.3 Å². The Kier molecular flexibility index (Phi) is 5.09. The van der Waals surface area contributed by atoms with Gasteiger partial charge in [-0.15, -0.1) is 0 Å². The smallest absolute Gasteiger partial charge is 0.0650 e. The molecule has 2 heteroatoms. The first-order chi connectivity index (χ1) is 6.29. The molecule has 0 aromatic heterocycles. The van der Waals surface area contributed by atoms with Gasteiger partial charge in [0.15, 0.2) is 0 Å². The molecular weight excluding hydrogens is 162 g/mol. The third-order valence-corrected chi connectivity index (χ3v) is 2.36. The van der Waals surface area contributed by atoms with Crippen LogP contribution in [0.2, 0.25) is 0 Å². The van der Waals surface area contributed by atoms with Gasteiger partial charge in [0, 0.05) is 6.54 Å². The Morgan fingerprint density at radius 2 is 2.38 bits per heavy atom. The Balaban J connectivity index is 2.01. The van der Waals surface area contributed by atoms with Crippen LogP contribution in [0.25, 0.3) is 0 Å². The third-order valence-electron chi connectivity index (χ3n) is 2.36. The largest absolute Gasteiger partial charge is 0.377 e. The fraction of sp³-hybridized carbons (Fsp3) is 0.818. The van der Waals surface area contributed by atoms with Gasteiger partial charge in [0.1, 0.15) is 0 Å². The summed E-state index contributed by atoms with van der Waals surface area (Å²) in [6.45, 7) is 8.21. The van der Waals surface area contributed by atoms with E-state index >= 15 is 0 Å². The van der Waals surface area contributed by atoms with Gasteiger partial charge < -0.3 is 10.1 Å². The lowest BCUT2D eigenvalue weighted by atomic mass is 10.0. The van der Waals surface area contributed by atoms with Gasteiger partial charge in [0.25, 0.3) is 0 Å². The summed E-state index contributed by atoms with van der Waals surface area (Å²) in [4.78, 5) is 0. The van der Waals surface area contributed by atoms with Crippen LogP contribution in [0.15, 0.2) is 11.6 Å². The minimum absolute atomic E-state index is 0.735. The van der Waals surface area contributed by atoms with Crippen molar-refractivity contribution in [2.45, 2.75) is 26.7 Å². The summed E-state index contributed by atoms with van der Waals surface area (Å²) in [5.74, 6) is 0.735. The van der Waals surface area contributed by atoms with Gasteiger partial charge in [0.2, 0.25) is 0 Å². The summed E-state index contributed by atoms with van der Waals surface area (Å²) in [6.07, 6.45) is 4.76. The van der Waals surface area contributed by atoms with Gasteiger partial charge in [-0.25, -0.2) is 0 Å². The lowest BCUT2D eigenvalue weighted by molar-refractivity contribution is 0.111. The molecule has 1 unspecified atom stereocenters. The van der Waals surface area contributed by atoms with Crippen molar-refractivity contribution in [3.8, 4) is 0 Å². The summed E-state index contributed by atoms with van der Waals surface area (Å²) < 4.78 is 5.57. The van der Waals surface area contributed by atoms with Crippen molar-refractivity contribution in [2.24, 2.45) is 5.92 Å². The highest BCUT2D eigenvalue weighted by molar-refractivity contribution is 4.92. The van der Waals surface area contributed by atoms with Gasteiger partial charge in [0.05, 0.1) is 13.2 Å². The van der Waals surface area contributed by atoms with Crippen LogP contribution in [0.5, 0.6) is 0 Å². The van der Waals surface area contributed by atoms with Crippen LogP contribution in [0, 0.1) is 5.92 Å². The van der Waals surface area contributed by atoms with Gasteiger partial charge in [-0.05, 0) is 39.2 Å². The van der Waals surface area contributed by atoms with Crippen LogP contribution >= 0.6 is 0 Å². The van der Waals surface area contributed by atoms with Crippen LogP contribution in [0.4, 0.5) is 0 Å². The minimum atomic E-state index is 0.735. The summed E-state index contributed by atoms with van der Waals surface area (Å²) in [6, 6.07) is 0. The molecule has 1 heterocycles. The van der Waals surface area contributed by atoms with E-state index in [9.17, 15) is 0 Å². The van der Waals surface area contributed by atoms with Crippen LogP contribution in [-0.2, 0) is 4.74 Å². The monoisotopic (exact) mass is 183 g/mol. The highest BCUT2D eigenvalue weighted by Gasteiger charge is 2.11. The SMILES string of the molecule is CC(C)=CCOCC1CCCNC1. The Morgan fingerprint density at radius 3 is 3.00 bits per heavy atom. The predicted molar refractivity (Wildman–Crippen MR) is 55.8 cm³/mol. The molecule has 0 saturated carbocycles. The average molecular weight is 183 g/mol. The molecule has 0 aromatic carbocycles. The third kappa shape index (κ3) is 5.06. The summed E-state index contributed by atoms with van der Waals surface area (Å²) in [7, 11) is 0. The van der Waals surface area contributed by atoms with Gasteiger partial charge in [-0.2, -0.15) is 0 Å². The van der Waals surface area contributed by atoms with Crippen molar-refractivity contribution < 1.29 is 4.74 Å². The molecule has 1 aliphatic rings. The second-order valence-electron chi connectivity index (χ2n) is 4.03. The first-order valence-electron chi connectivity index (χ1n) is 5.21. The zero-order chi connectivity index (χ0) is 9.52. The molecule has 1 atom stereocenters. The normalized spacial score (nSPS) is 22.8. The Labute approximate surface area is 81.4 Å². The van der Waals surface area contributed by atoms with E-state index < -0.39 is 0 Å². The van der Waals surface area contributed by atoms with E-state index in [0.717, 1.165) is 25.7 Å². The lowest BCUT2D eigenvalue weighted by Crippen LogP contribution is -2.32. The molecule has 0 aliphatic carbocycles. The molecule has 1 fully saturated rings. The Hall–Kier alpha value is -0.340. The van der Waals surface area contributed by atoms with Gasteiger partial charge in [-0.3, -0.25) is 0 Å². The number of hydrogen-bond acceptors (Lipinski definition) is 2. The fourth-order valence-corrected chi connectivity index (χ4v) is 1.53. The minimum Gasteiger partial charge on any atom is -0.377 e. The molecule has 0 spiro atoms. The number of nitrogens with one attached hydrogen (secondary N) is 1. The number of allylic oxidation sites excluding steroid dienone is 1. The van der Waals surface area contributed by atoms with Crippen LogP contribution < -0.4 is 5.32 Å². The molecule has 1 rings (SSSR count). The average Bonchev–Trinajstić information content (AvgIpc) is 2.14. The standard InChI is InChI=1S/C11H21NO/c1-10(2)5-7-13-9-11-4-3-6-12-8-11/h5,11-12H,3-4,6-9H2,1-2H3. The predicted octanol–water partition coefficient (Wildman–Crippen LogP) is 1.97. The van der Waals surface area contributed by atoms with Crippen molar-refractivity contribution >= 4 is 0 Å². The maximum Gasteiger partial charge on any atom is 0.0650 e. The molecule has 1 saturated heterocycles. The summed E-state index contributed by atoms with van der Waals surface area (Å²) >= 11 is 0. The molecule has 1 N–H and O–H groups in total. The van der Waals surface area contributed by atoms with Gasteiger partial charge >= 0.3 is 0 Å². The van der Waals surface area contributed by atoms with E-state index in [1.807, 2.05) is 0 Å². The molecule has 0 bridgehead atoms. The second-order valence-corrected chi connectivity index (χ2v) is 4.03. The van der Waals surface area contributed by atoms with Crippen LogP contribution in [0.3, 0.4) is 0 Å². The van der Waals surface area contributed by atoms with Crippen molar-refractivity contribution in [1.29, 1.82) is 0 Å². The fourth-order valence-electron chi connectivity index (χ4n) is 1.53. The molecular formula is C11H21NO. The molecule has 76 valence electrons. The number of rotatable bonds is 4. The molecule has 13 heavy (non-hydrogen) atoms. The highest BCUT2D eigenvalue weighted by Crippen LogP contribution is 2.09. The van der Waals surface area contributed by atoms with E-state index in [0.29, 0.717) is 0 Å². The first kappa shape index (κ1) is 10.7. The molecule has 0 radical (unpaired) electrons. The van der Waals surface area contributed by atoms with E-state index in [-0.39, 0.29) is 0 Å². The highest BCUT2D eigenvalue weighted by atomic mass is 16.5. The maximum absolute atomic E-state index is 5.57. The lowest BCUT2D eigenvalue weighted by Gasteiger charge is -2.22. The molecule has 1 aliphatic heterocycles. The second kappa shape index (κ2) is 6.17. The van der Waals surface area contributed by atoms with Crippen molar-refractivity contribution in [2.75, 3.05) is 26.3 Å². The van der Waals surface area contributed by atoms with Crippen LogP contribution in [0.1, 0.15) is 26.7 Å². The number of piperidine rings is 1. The molecule has 0 amide bonds. The van der Waals surface area contributed by atoms with Gasteiger partial charge in [-0.1, -0.05) is 11.6 Å². The van der Waals surface area contributed by atoms with E-state index in [4.69, 9.17) is 4.74 Å². The first-order valence-corrected chi connectivity index (χ1v) is 5.21. The zero-order valence-corrected chi connectivity index (χ0v) is 8.81. The number of ether oxygens (including phenoxy) is 1. The summed E-state index contributed by atoms with van der Waals surface area (Å²) in [5.41, 5.74) is 1.33. The molecule has 2 nitrogen and oxygen atoms in total. The Bertz CT molecular complexity index is 155. The summed E-state index contributed by atoms with van der Waals surface area (Å²) in [5, 5.41) is 3.39. The van der Waals surface area contributed by atoms with E-state index in [1.54, 1.807) is 0 Å². The quantitative estimate of drug-likeness (QED) is 0.531. The van der Waals surface area contributed by atoms with Crippen molar-refractivity contribution in [3.05, 3.63) is 11.6 Å². The van der Waals surface area contributed by atoms with E-state index in [2.05, 4.69) is 25.2 Å². The van der Waals surface area contributed by atoms with E-state index in [1.165, 1.54) is 25.0 Å². The van der Waals surface area contributed by atoms with Crippen molar-refractivity contribution in [3.63, 3.8) is 0 Å². The topological polar surface area (TPSA) is 21.3 Å². The maximum atomic E-state index is 5.57. The molecule has 0 aromatic rings. The number of hydrogen-bond donors (Lipinski definition) is 1. The van der Waals surface area contributed by atoms with Crippen molar-refractivity contribution in [1.82, 2.24) is 5.32 Å². The zero-order valence-electron chi connectivity index (χ0n) is 8.81. The Morgan fingerprint density at radius 1 is 1.54 bits per heavy atom.